The van der Waals surface area contributed by atoms with E-state index in [1.165, 1.54) is 35.2 Å². The molecule has 1 atom stereocenters. The molecule has 3 aromatic carbocycles. The molecule has 0 aromatic heterocycles. The number of benzene rings is 3. The summed E-state index contributed by atoms with van der Waals surface area (Å²) in [6.07, 6.45) is 0. The van der Waals surface area contributed by atoms with Crippen LogP contribution >= 0.6 is 23.2 Å². The van der Waals surface area contributed by atoms with Crippen LogP contribution in [0.25, 0.3) is 0 Å². The first-order chi connectivity index (χ1) is 17.6. The van der Waals surface area contributed by atoms with Gasteiger partial charge in [-0.1, -0.05) is 65.7 Å². The Morgan fingerprint density at radius 2 is 1.62 bits per heavy atom. The Bertz CT molecular complexity index is 1370. The molecule has 0 aliphatic heterocycles. The number of likely N-dealkylation sites (N-methyl/N-ethyl adjacent to an activating group) is 1. The number of halogens is 2. The van der Waals surface area contributed by atoms with E-state index in [4.69, 9.17) is 23.2 Å². The smallest absolute Gasteiger partial charge is 0.264 e. The molecule has 0 spiro atoms. The van der Waals surface area contributed by atoms with Gasteiger partial charge >= 0.3 is 0 Å². The fourth-order valence-electron chi connectivity index (χ4n) is 3.79. The van der Waals surface area contributed by atoms with Gasteiger partial charge in [-0.05, 0) is 62.2 Å². The van der Waals surface area contributed by atoms with Gasteiger partial charge in [-0.15, -0.1) is 0 Å². The van der Waals surface area contributed by atoms with Crippen LogP contribution in [0.2, 0.25) is 10.0 Å². The zero-order valence-corrected chi connectivity index (χ0v) is 23.1. The molecule has 1 N–H and O–H groups in total. The van der Waals surface area contributed by atoms with E-state index in [0.29, 0.717) is 6.54 Å². The Hall–Kier alpha value is -3.07. The van der Waals surface area contributed by atoms with Crippen LogP contribution in [0.1, 0.15) is 25.0 Å². The van der Waals surface area contributed by atoms with Crippen LogP contribution in [0, 0.1) is 6.92 Å². The molecule has 0 unspecified atom stereocenters. The van der Waals surface area contributed by atoms with Crippen molar-refractivity contribution in [2.45, 2.75) is 38.3 Å². The molecule has 0 heterocycles. The third-order valence-corrected chi connectivity index (χ3v) is 8.24. The van der Waals surface area contributed by atoms with E-state index in [1.54, 1.807) is 32.0 Å². The van der Waals surface area contributed by atoms with E-state index in [0.717, 1.165) is 15.4 Å². The predicted molar refractivity (Wildman–Crippen MR) is 147 cm³/mol. The van der Waals surface area contributed by atoms with Gasteiger partial charge in [-0.25, -0.2) is 8.42 Å². The van der Waals surface area contributed by atoms with Crippen LogP contribution in [-0.4, -0.2) is 44.3 Å². The van der Waals surface area contributed by atoms with Gasteiger partial charge in [0, 0.05) is 18.1 Å². The van der Waals surface area contributed by atoms with Crippen molar-refractivity contribution in [3.05, 3.63) is 94.0 Å². The molecule has 0 radical (unpaired) electrons. The largest absolute Gasteiger partial charge is 0.355 e. The second kappa shape index (κ2) is 12.4. The molecule has 2 amide bonds. The molecule has 0 fully saturated rings. The fourth-order valence-corrected chi connectivity index (χ4v) is 5.67. The molecule has 0 saturated heterocycles. The van der Waals surface area contributed by atoms with Crippen molar-refractivity contribution in [1.82, 2.24) is 10.2 Å². The van der Waals surface area contributed by atoms with Crippen molar-refractivity contribution in [2.75, 3.05) is 17.4 Å². The lowest BCUT2D eigenvalue weighted by Crippen LogP contribution is -2.51. The molecule has 196 valence electrons. The van der Waals surface area contributed by atoms with Crippen molar-refractivity contribution in [3.8, 4) is 0 Å². The zero-order valence-electron chi connectivity index (χ0n) is 20.8. The van der Waals surface area contributed by atoms with E-state index >= 15 is 0 Å². The average Bonchev–Trinajstić information content (AvgIpc) is 2.88. The molecular weight excluding hydrogens is 533 g/mol. The summed E-state index contributed by atoms with van der Waals surface area (Å²) in [5.41, 5.74) is 1.84. The topological polar surface area (TPSA) is 86.8 Å². The van der Waals surface area contributed by atoms with E-state index in [-0.39, 0.29) is 33.1 Å². The summed E-state index contributed by atoms with van der Waals surface area (Å²) in [6.45, 7) is 5.23. The summed E-state index contributed by atoms with van der Waals surface area (Å²) in [5, 5.41) is 3.10. The van der Waals surface area contributed by atoms with E-state index in [1.807, 2.05) is 31.2 Å². The number of rotatable bonds is 10. The van der Waals surface area contributed by atoms with Gasteiger partial charge in [-0.2, -0.15) is 0 Å². The maximum Gasteiger partial charge on any atom is 0.264 e. The van der Waals surface area contributed by atoms with E-state index < -0.39 is 28.5 Å². The highest BCUT2D eigenvalue weighted by Crippen LogP contribution is 2.33. The molecule has 10 heteroatoms. The molecule has 0 bridgehead atoms. The van der Waals surface area contributed by atoms with Crippen LogP contribution in [0.3, 0.4) is 0 Å². The van der Waals surface area contributed by atoms with Gasteiger partial charge in [0.25, 0.3) is 10.0 Å². The fraction of sp³-hybridized carbons (Fsp3) is 0.259. The Balaban J connectivity index is 2.07. The van der Waals surface area contributed by atoms with Crippen LogP contribution in [0.5, 0.6) is 0 Å². The maximum absolute atomic E-state index is 13.8. The third-order valence-electron chi connectivity index (χ3n) is 5.91. The van der Waals surface area contributed by atoms with Crippen molar-refractivity contribution in [1.29, 1.82) is 0 Å². The van der Waals surface area contributed by atoms with Gasteiger partial charge < -0.3 is 10.2 Å². The molecule has 3 aromatic rings. The molecule has 37 heavy (non-hydrogen) atoms. The van der Waals surface area contributed by atoms with Crippen LogP contribution in [0.15, 0.2) is 77.7 Å². The van der Waals surface area contributed by atoms with Gasteiger partial charge in [0.2, 0.25) is 11.8 Å². The molecule has 0 aliphatic rings. The number of nitrogens with one attached hydrogen (secondary N) is 1. The molecular formula is C27H29Cl2N3O4S. The lowest BCUT2D eigenvalue weighted by atomic mass is 10.1. The highest BCUT2D eigenvalue weighted by Gasteiger charge is 2.33. The first kappa shape index (κ1) is 28.5. The Labute approximate surface area is 228 Å². The number of anilines is 1. The molecule has 3 rings (SSSR count). The normalized spacial score (nSPS) is 12.0. The number of hydrogen-bond acceptors (Lipinski definition) is 4. The predicted octanol–water partition coefficient (Wildman–Crippen LogP) is 5.05. The van der Waals surface area contributed by atoms with Crippen molar-refractivity contribution < 1.29 is 18.0 Å². The first-order valence-electron chi connectivity index (χ1n) is 11.7. The number of carbonyl (C=O) groups is 2. The third kappa shape index (κ3) is 6.83. The van der Waals surface area contributed by atoms with Crippen molar-refractivity contribution >= 4 is 50.7 Å². The first-order valence-corrected chi connectivity index (χ1v) is 13.9. The second-order valence-corrected chi connectivity index (χ2v) is 11.1. The highest BCUT2D eigenvalue weighted by molar-refractivity contribution is 7.92. The molecule has 0 aliphatic carbocycles. The van der Waals surface area contributed by atoms with Crippen LogP contribution in [0.4, 0.5) is 5.69 Å². The molecule has 0 saturated carbocycles. The minimum atomic E-state index is -4.22. The number of carbonyl (C=O) groups excluding carboxylic acids is 2. The summed E-state index contributed by atoms with van der Waals surface area (Å²) >= 11 is 12.6. The summed E-state index contributed by atoms with van der Waals surface area (Å²) < 4.78 is 28.4. The number of amides is 2. The lowest BCUT2D eigenvalue weighted by Gasteiger charge is -2.32. The summed E-state index contributed by atoms with van der Waals surface area (Å²) in [4.78, 5) is 28.0. The van der Waals surface area contributed by atoms with Gasteiger partial charge in [0.15, 0.2) is 0 Å². The van der Waals surface area contributed by atoms with Gasteiger partial charge in [0.1, 0.15) is 12.6 Å². The Morgan fingerprint density at radius 1 is 0.973 bits per heavy atom. The van der Waals surface area contributed by atoms with Gasteiger partial charge in [0.05, 0.1) is 15.6 Å². The van der Waals surface area contributed by atoms with Crippen molar-refractivity contribution in [2.24, 2.45) is 0 Å². The van der Waals surface area contributed by atoms with Gasteiger partial charge in [-0.3, -0.25) is 13.9 Å². The minimum absolute atomic E-state index is 0.0129. The zero-order chi connectivity index (χ0) is 27.2. The monoisotopic (exact) mass is 561 g/mol. The lowest BCUT2D eigenvalue weighted by molar-refractivity contribution is -0.139. The summed E-state index contributed by atoms with van der Waals surface area (Å²) in [5.74, 6) is -0.916. The maximum atomic E-state index is 13.8. The molecule has 7 nitrogen and oxygen atoms in total. The Kier molecular flexibility index (Phi) is 9.59. The summed E-state index contributed by atoms with van der Waals surface area (Å²) in [6, 6.07) is 18.8. The average molecular weight is 563 g/mol. The number of hydrogen-bond donors (Lipinski definition) is 1. The standard InChI is InChI=1S/C27H29Cl2N3O4S/c1-4-30-27(34)20(3)31(17-21-11-9-8-10-19(21)2)26(33)18-32(25-16-22(28)14-15-24(25)29)37(35,36)23-12-6-5-7-13-23/h5-16,20H,4,17-18H2,1-3H3,(H,30,34)/t20-/m1/s1. The summed E-state index contributed by atoms with van der Waals surface area (Å²) in [7, 11) is -4.22. The van der Waals surface area contributed by atoms with E-state index in [9.17, 15) is 18.0 Å². The second-order valence-electron chi connectivity index (χ2n) is 8.44. The number of nitrogens with zero attached hydrogens (tertiary/aromatic N) is 2. The Morgan fingerprint density at radius 3 is 2.27 bits per heavy atom. The van der Waals surface area contributed by atoms with Crippen LogP contribution < -0.4 is 9.62 Å². The van der Waals surface area contributed by atoms with Crippen LogP contribution in [-0.2, 0) is 26.2 Å². The SMILES string of the molecule is CCNC(=O)[C@@H](C)N(Cc1ccccc1C)C(=O)CN(c1cc(Cl)ccc1Cl)S(=O)(=O)c1ccccc1. The highest BCUT2D eigenvalue weighted by atomic mass is 35.5. The van der Waals surface area contributed by atoms with Crippen molar-refractivity contribution in [3.63, 3.8) is 0 Å². The number of aryl methyl sites for hydroxylation is 1. The van der Waals surface area contributed by atoms with E-state index in [2.05, 4.69) is 5.32 Å². The minimum Gasteiger partial charge on any atom is -0.355 e. The number of sulfonamides is 1. The quantitative estimate of drug-likeness (QED) is 0.375.